The zero-order valence-electron chi connectivity index (χ0n) is 13.5. The predicted molar refractivity (Wildman–Crippen MR) is 92.7 cm³/mol. The lowest BCUT2D eigenvalue weighted by Gasteiger charge is -2.32. The lowest BCUT2D eigenvalue weighted by molar-refractivity contribution is -0.130. The molecule has 5 nitrogen and oxygen atoms in total. The summed E-state index contributed by atoms with van der Waals surface area (Å²) in [7, 11) is 0. The third kappa shape index (κ3) is 3.51. The first-order chi connectivity index (χ1) is 10.6. The van der Waals surface area contributed by atoms with E-state index >= 15 is 0 Å². The fourth-order valence-electron chi connectivity index (χ4n) is 3.21. The number of carbonyl (C=O) groups excluding carboxylic acids is 2. The minimum atomic E-state index is -0.404. The number of anilines is 1. The molecule has 126 valence electrons. The molecule has 3 rings (SSSR count). The summed E-state index contributed by atoms with van der Waals surface area (Å²) < 4.78 is 0. The van der Waals surface area contributed by atoms with Gasteiger partial charge in [0, 0.05) is 17.6 Å². The van der Waals surface area contributed by atoms with Gasteiger partial charge in [-0.25, -0.2) is 0 Å². The van der Waals surface area contributed by atoms with Crippen LogP contribution in [0.4, 0.5) is 5.69 Å². The van der Waals surface area contributed by atoms with Gasteiger partial charge < -0.3 is 15.5 Å². The molecule has 2 heterocycles. The first kappa shape index (κ1) is 17.8. The number of nitrogens with zero attached hydrogens (tertiary/aromatic N) is 1. The Balaban J connectivity index is 0.00000192. The van der Waals surface area contributed by atoms with E-state index in [1.54, 1.807) is 4.90 Å². The molecule has 0 aromatic heterocycles. The highest BCUT2D eigenvalue weighted by molar-refractivity contribution is 6.02. The fourth-order valence-corrected chi connectivity index (χ4v) is 3.21. The van der Waals surface area contributed by atoms with E-state index in [9.17, 15) is 9.59 Å². The molecule has 1 aromatic carbocycles. The van der Waals surface area contributed by atoms with Crippen LogP contribution < -0.4 is 15.5 Å². The van der Waals surface area contributed by atoms with Crippen molar-refractivity contribution in [1.82, 2.24) is 10.6 Å². The molecule has 0 aliphatic carbocycles. The number of rotatable bonds is 4. The third-order valence-corrected chi connectivity index (χ3v) is 4.84. The van der Waals surface area contributed by atoms with Gasteiger partial charge in [0.05, 0.1) is 0 Å². The number of benzene rings is 1. The van der Waals surface area contributed by atoms with Crippen LogP contribution in [0, 0.1) is 11.8 Å². The summed E-state index contributed by atoms with van der Waals surface area (Å²) in [5.41, 5.74) is 0.896. The van der Waals surface area contributed by atoms with Crippen LogP contribution in [-0.2, 0) is 9.59 Å². The molecule has 2 amide bonds. The van der Waals surface area contributed by atoms with E-state index in [1.165, 1.54) is 0 Å². The number of hydrogen-bond acceptors (Lipinski definition) is 3. The average molecular weight is 338 g/mol. The van der Waals surface area contributed by atoms with Gasteiger partial charge in [0.1, 0.15) is 6.04 Å². The Hall–Kier alpha value is -1.59. The van der Waals surface area contributed by atoms with Crippen molar-refractivity contribution in [3.63, 3.8) is 0 Å². The Kier molecular flexibility index (Phi) is 5.65. The van der Waals surface area contributed by atoms with E-state index in [0.717, 1.165) is 18.8 Å². The third-order valence-electron chi connectivity index (χ3n) is 4.84. The Morgan fingerprint density at radius 1 is 1.30 bits per heavy atom. The molecule has 2 aliphatic rings. The Labute approximate surface area is 143 Å². The van der Waals surface area contributed by atoms with E-state index in [1.807, 2.05) is 44.2 Å². The van der Waals surface area contributed by atoms with Crippen LogP contribution in [-0.4, -0.2) is 37.0 Å². The lowest BCUT2D eigenvalue weighted by atomic mass is 9.88. The molecule has 0 saturated carbocycles. The smallest absolute Gasteiger partial charge is 0.249 e. The second kappa shape index (κ2) is 7.32. The zero-order chi connectivity index (χ0) is 15.7. The summed E-state index contributed by atoms with van der Waals surface area (Å²) in [5.74, 6) is 0.326. The summed E-state index contributed by atoms with van der Waals surface area (Å²) in [6, 6.07) is 9.34. The second-order valence-electron chi connectivity index (χ2n) is 6.40. The molecule has 0 spiro atoms. The van der Waals surface area contributed by atoms with Gasteiger partial charge in [0.25, 0.3) is 0 Å². The van der Waals surface area contributed by atoms with Crippen LogP contribution in [0.2, 0.25) is 0 Å². The number of halogens is 1. The van der Waals surface area contributed by atoms with Crippen molar-refractivity contribution in [2.24, 2.45) is 11.8 Å². The van der Waals surface area contributed by atoms with E-state index in [4.69, 9.17) is 0 Å². The first-order valence-electron chi connectivity index (χ1n) is 7.97. The molecule has 1 aromatic rings. The van der Waals surface area contributed by atoms with Crippen LogP contribution in [0.5, 0.6) is 0 Å². The Morgan fingerprint density at radius 3 is 2.52 bits per heavy atom. The highest BCUT2D eigenvalue weighted by atomic mass is 35.5. The van der Waals surface area contributed by atoms with Crippen LogP contribution in [0.1, 0.15) is 20.3 Å². The fraction of sp³-hybridized carbons (Fsp3) is 0.529. The van der Waals surface area contributed by atoms with Crippen LogP contribution in [0.15, 0.2) is 30.3 Å². The number of hydrogen-bond donors (Lipinski definition) is 2. The van der Waals surface area contributed by atoms with E-state index in [-0.39, 0.29) is 36.2 Å². The molecule has 2 N–H and O–H groups in total. The highest BCUT2D eigenvalue weighted by Crippen LogP contribution is 2.27. The zero-order valence-corrected chi connectivity index (χ0v) is 14.3. The molecule has 2 fully saturated rings. The van der Waals surface area contributed by atoms with E-state index in [0.29, 0.717) is 12.3 Å². The molecule has 23 heavy (non-hydrogen) atoms. The largest absolute Gasteiger partial charge is 0.344 e. The minimum Gasteiger partial charge on any atom is -0.344 e. The quantitative estimate of drug-likeness (QED) is 0.876. The maximum atomic E-state index is 12.6. The van der Waals surface area contributed by atoms with Gasteiger partial charge in [0.2, 0.25) is 11.8 Å². The summed E-state index contributed by atoms with van der Waals surface area (Å²) in [6.07, 6.45) is 0.662. The molecule has 3 atom stereocenters. The minimum absolute atomic E-state index is 0. The second-order valence-corrected chi connectivity index (χ2v) is 6.40. The molecular weight excluding hydrogens is 314 g/mol. The van der Waals surface area contributed by atoms with Gasteiger partial charge in [-0.1, -0.05) is 25.1 Å². The average Bonchev–Trinajstić information content (AvgIpc) is 2.72. The molecule has 6 heteroatoms. The van der Waals surface area contributed by atoms with Crippen molar-refractivity contribution in [2.75, 3.05) is 18.0 Å². The van der Waals surface area contributed by atoms with Gasteiger partial charge in [0.15, 0.2) is 0 Å². The number of carbonyl (C=O) groups is 2. The number of para-hydroxylation sites is 1. The van der Waals surface area contributed by atoms with Crippen molar-refractivity contribution in [2.45, 2.75) is 32.4 Å². The molecular formula is C17H24ClN3O2. The summed E-state index contributed by atoms with van der Waals surface area (Å²) >= 11 is 0. The topological polar surface area (TPSA) is 61.4 Å². The molecule has 0 radical (unpaired) electrons. The van der Waals surface area contributed by atoms with E-state index < -0.39 is 6.04 Å². The van der Waals surface area contributed by atoms with Gasteiger partial charge in [-0.2, -0.15) is 0 Å². The maximum Gasteiger partial charge on any atom is 0.249 e. The maximum absolute atomic E-state index is 12.6. The monoisotopic (exact) mass is 337 g/mol. The van der Waals surface area contributed by atoms with Crippen molar-refractivity contribution in [3.05, 3.63) is 30.3 Å². The molecule has 3 unspecified atom stereocenters. The summed E-state index contributed by atoms with van der Waals surface area (Å²) in [4.78, 5) is 26.7. The standard InChI is InChI=1S/C17H23N3O2.ClH/c1-11-8-15(19-16(21)12(2)13-9-18-10-13)17(22)20(11)14-6-4-3-5-7-14;/h3-7,11-13,15,18H,8-10H2,1-2H3,(H,19,21);1H. The van der Waals surface area contributed by atoms with Crippen LogP contribution in [0.25, 0.3) is 0 Å². The number of nitrogens with one attached hydrogen (secondary N) is 2. The highest BCUT2D eigenvalue weighted by Gasteiger charge is 2.40. The van der Waals surface area contributed by atoms with Gasteiger partial charge in [-0.15, -0.1) is 12.4 Å². The Morgan fingerprint density at radius 2 is 1.96 bits per heavy atom. The molecule has 2 aliphatic heterocycles. The van der Waals surface area contributed by atoms with Gasteiger partial charge >= 0.3 is 0 Å². The summed E-state index contributed by atoms with van der Waals surface area (Å²) in [6.45, 7) is 5.74. The van der Waals surface area contributed by atoms with Crippen molar-refractivity contribution in [3.8, 4) is 0 Å². The van der Waals surface area contributed by atoms with Crippen molar-refractivity contribution in [1.29, 1.82) is 0 Å². The van der Waals surface area contributed by atoms with Crippen molar-refractivity contribution >= 4 is 29.9 Å². The lowest BCUT2D eigenvalue weighted by Crippen LogP contribution is -2.52. The summed E-state index contributed by atoms with van der Waals surface area (Å²) in [5, 5.41) is 6.13. The van der Waals surface area contributed by atoms with Crippen LogP contribution in [0.3, 0.4) is 0 Å². The normalized spacial score (nSPS) is 25.5. The van der Waals surface area contributed by atoms with Gasteiger partial charge in [-0.05, 0) is 44.5 Å². The van der Waals surface area contributed by atoms with Crippen LogP contribution >= 0.6 is 12.4 Å². The predicted octanol–water partition coefficient (Wildman–Crippen LogP) is 1.57. The van der Waals surface area contributed by atoms with E-state index in [2.05, 4.69) is 10.6 Å². The van der Waals surface area contributed by atoms with Gasteiger partial charge in [-0.3, -0.25) is 9.59 Å². The van der Waals surface area contributed by atoms with Crippen molar-refractivity contribution < 1.29 is 9.59 Å². The first-order valence-corrected chi connectivity index (χ1v) is 7.97. The molecule has 2 saturated heterocycles. The molecule has 0 bridgehead atoms. The number of amides is 2. The SMILES string of the molecule is CC(C(=O)NC1CC(C)N(c2ccccc2)C1=O)C1CNC1.Cl. The Bertz CT molecular complexity index is 562.